The van der Waals surface area contributed by atoms with E-state index in [1.165, 1.54) is 37.0 Å². The third kappa shape index (κ3) is 4.36. The van der Waals surface area contributed by atoms with E-state index in [4.69, 9.17) is 18.9 Å². The average molecular weight is 631 g/mol. The number of rotatable bonds is 5. The number of ether oxygens (including phenoxy) is 4. The van der Waals surface area contributed by atoms with Gasteiger partial charge >= 0.3 is 6.09 Å². The molecule has 0 aromatic heterocycles. The average Bonchev–Trinajstić information content (AvgIpc) is 3.62. The Labute approximate surface area is 272 Å². The molecule has 45 heavy (non-hydrogen) atoms. The summed E-state index contributed by atoms with van der Waals surface area (Å²) in [6, 6.07) is 0. The number of nitrogens with one attached hydrogen (secondary N) is 1. The van der Waals surface area contributed by atoms with Crippen LogP contribution < -0.4 is 5.32 Å². The van der Waals surface area contributed by atoms with Gasteiger partial charge in [0.05, 0.1) is 31.0 Å². The highest BCUT2D eigenvalue weighted by molar-refractivity contribution is 5.67. The van der Waals surface area contributed by atoms with E-state index in [1.54, 1.807) is 14.1 Å². The summed E-state index contributed by atoms with van der Waals surface area (Å²) >= 11 is 0. The molecule has 5 saturated carbocycles. The fourth-order valence-corrected chi connectivity index (χ4v) is 13.4. The summed E-state index contributed by atoms with van der Waals surface area (Å²) in [5.74, 6) is 1.96. The molecule has 2 aliphatic heterocycles. The first-order chi connectivity index (χ1) is 21.1. The maximum atomic E-state index is 12.6. The Kier molecular flexibility index (Phi) is 7.82. The summed E-state index contributed by atoms with van der Waals surface area (Å²) in [4.78, 5) is 14.1. The van der Waals surface area contributed by atoms with Crippen molar-refractivity contribution in [3.05, 3.63) is 0 Å². The molecular formula is C37H62N2O6. The molecule has 8 nitrogen and oxygen atoms in total. The lowest BCUT2D eigenvalue weighted by atomic mass is 9.41. The van der Waals surface area contributed by atoms with Crippen LogP contribution in [0, 0.1) is 56.7 Å². The van der Waals surface area contributed by atoms with Crippen LogP contribution in [0.1, 0.15) is 99.8 Å². The van der Waals surface area contributed by atoms with Gasteiger partial charge in [0.2, 0.25) is 0 Å². The number of morpholine rings is 1. The smallest absolute Gasteiger partial charge is 0.409 e. The van der Waals surface area contributed by atoms with Crippen LogP contribution in [-0.2, 0) is 18.9 Å². The molecule has 7 rings (SSSR count). The van der Waals surface area contributed by atoms with Crippen molar-refractivity contribution in [3.8, 4) is 0 Å². The normalized spacial score (nSPS) is 52.0. The van der Waals surface area contributed by atoms with Gasteiger partial charge in [-0.1, -0.05) is 48.5 Å². The number of fused-ring (bicyclic) bond motifs is 4. The lowest BCUT2D eigenvalue weighted by Crippen LogP contribution is -2.60. The molecular weight excluding hydrogens is 568 g/mol. The first kappa shape index (κ1) is 32.6. The van der Waals surface area contributed by atoms with Crippen molar-refractivity contribution in [1.29, 1.82) is 0 Å². The van der Waals surface area contributed by atoms with E-state index in [0.29, 0.717) is 34.5 Å². The lowest BCUT2D eigenvalue weighted by Gasteiger charge is -2.63. The summed E-state index contributed by atoms with van der Waals surface area (Å²) in [6.07, 6.45) is 7.83. The second kappa shape index (κ2) is 10.8. The highest BCUT2D eigenvalue weighted by Crippen LogP contribution is 2.89. The zero-order chi connectivity index (χ0) is 32.3. The predicted molar refractivity (Wildman–Crippen MR) is 172 cm³/mol. The van der Waals surface area contributed by atoms with Crippen molar-refractivity contribution < 1.29 is 28.8 Å². The van der Waals surface area contributed by atoms with Crippen LogP contribution in [0.25, 0.3) is 0 Å². The van der Waals surface area contributed by atoms with Crippen LogP contribution in [0.15, 0.2) is 0 Å². The zero-order valence-corrected chi connectivity index (χ0v) is 29.6. The SMILES string of the molecule is CC(C)[C@@H](OC(=O)N(C)C)[C@H]1C[C@@H](C)[C@H]2[C@H](O1)[C@H](O)[C@@]1(C)[C@@H]3CC[C@H]4C(C)(C)[C@@H](O[C@H]5CNCCO5)CC[C@@]45CC35CC[C@]21C. The Bertz CT molecular complexity index is 1160. The molecule has 2 spiro atoms. The van der Waals surface area contributed by atoms with E-state index >= 15 is 0 Å². The van der Waals surface area contributed by atoms with Gasteiger partial charge in [0.1, 0.15) is 6.10 Å². The molecule has 0 aromatic carbocycles. The van der Waals surface area contributed by atoms with Crippen molar-refractivity contribution in [2.75, 3.05) is 33.8 Å². The molecule has 5 aliphatic carbocycles. The highest BCUT2D eigenvalue weighted by Gasteiger charge is 2.84. The maximum Gasteiger partial charge on any atom is 0.409 e. The van der Waals surface area contributed by atoms with E-state index in [9.17, 15) is 9.90 Å². The zero-order valence-electron chi connectivity index (χ0n) is 29.6. The Morgan fingerprint density at radius 3 is 2.40 bits per heavy atom. The Morgan fingerprint density at radius 2 is 1.73 bits per heavy atom. The van der Waals surface area contributed by atoms with Gasteiger partial charge in [-0.15, -0.1) is 0 Å². The minimum atomic E-state index is -0.518. The Hall–Kier alpha value is -0.930. The molecule has 1 unspecified atom stereocenters. The van der Waals surface area contributed by atoms with Crippen molar-refractivity contribution in [2.24, 2.45) is 56.7 Å². The number of carbonyl (C=O) groups excluding carboxylic acids is 1. The van der Waals surface area contributed by atoms with Crippen molar-refractivity contribution in [1.82, 2.24) is 10.2 Å². The van der Waals surface area contributed by atoms with E-state index < -0.39 is 6.10 Å². The second-order valence-electron chi connectivity index (χ2n) is 18.2. The van der Waals surface area contributed by atoms with Crippen molar-refractivity contribution >= 4 is 6.09 Å². The van der Waals surface area contributed by atoms with Crippen LogP contribution >= 0.6 is 0 Å². The standard InChI is InChI=1S/C37H62N2O6/c1-21(2)29(45-32(41)39(8)9)23-18-22(3)28-30(43-23)31(40)35(7)25-11-10-24-33(4,5)26(44-27-19-38-16-17-42-27)12-13-36(24)20-37(25,36)15-14-34(28,35)6/h21-31,38,40H,10-20H2,1-9H3/t22-,23-,24+,25+,26+,27+,28+,29-,30+,31+,34-,35-,36-,37?/m1/s1. The molecule has 2 heterocycles. The quantitative estimate of drug-likeness (QED) is 0.394. The fourth-order valence-electron chi connectivity index (χ4n) is 13.4. The van der Waals surface area contributed by atoms with Gasteiger partial charge in [-0.2, -0.15) is 0 Å². The number of amides is 1. The Balaban J connectivity index is 1.14. The summed E-state index contributed by atoms with van der Waals surface area (Å²) in [7, 11) is 3.46. The van der Waals surface area contributed by atoms with E-state index in [1.807, 2.05) is 0 Å². The maximum absolute atomic E-state index is 12.6. The van der Waals surface area contributed by atoms with Gasteiger partial charge in [-0.3, -0.25) is 0 Å². The molecule has 1 amide bonds. The number of nitrogens with zero attached hydrogens (tertiary/aromatic N) is 1. The Morgan fingerprint density at radius 1 is 1.02 bits per heavy atom. The van der Waals surface area contributed by atoms with Crippen molar-refractivity contribution in [2.45, 2.75) is 137 Å². The molecule has 0 radical (unpaired) electrons. The van der Waals surface area contributed by atoms with Crippen LogP contribution in [0.5, 0.6) is 0 Å². The van der Waals surface area contributed by atoms with Crippen molar-refractivity contribution in [3.63, 3.8) is 0 Å². The molecule has 0 aromatic rings. The van der Waals surface area contributed by atoms with Crippen LogP contribution in [0.2, 0.25) is 0 Å². The third-order valence-electron chi connectivity index (χ3n) is 15.6. The topological polar surface area (TPSA) is 89.5 Å². The van der Waals surface area contributed by atoms with Gasteiger partial charge in [-0.25, -0.2) is 4.79 Å². The minimum Gasteiger partial charge on any atom is -0.443 e. The summed E-state index contributed by atoms with van der Waals surface area (Å²) in [6.45, 7) is 18.9. The molecule has 256 valence electrons. The van der Waals surface area contributed by atoms with Gasteiger partial charge < -0.3 is 34.3 Å². The van der Waals surface area contributed by atoms with E-state index in [-0.39, 0.29) is 59.0 Å². The largest absolute Gasteiger partial charge is 0.443 e. The molecule has 14 atom stereocenters. The summed E-state index contributed by atoms with van der Waals surface area (Å²) in [5, 5.41) is 16.0. The van der Waals surface area contributed by atoms with Crippen LogP contribution in [-0.4, -0.2) is 86.7 Å². The first-order valence-corrected chi connectivity index (χ1v) is 18.3. The number of carbonyl (C=O) groups is 1. The lowest BCUT2D eigenvalue weighted by molar-refractivity contribution is -0.237. The van der Waals surface area contributed by atoms with Gasteiger partial charge in [0.15, 0.2) is 6.29 Å². The number of hydrogen-bond acceptors (Lipinski definition) is 7. The number of hydrogen-bond donors (Lipinski definition) is 2. The third-order valence-corrected chi connectivity index (χ3v) is 15.6. The van der Waals surface area contributed by atoms with E-state index in [2.05, 4.69) is 53.8 Å². The molecule has 7 fully saturated rings. The predicted octanol–water partition coefficient (Wildman–Crippen LogP) is 5.85. The molecule has 7 aliphatic rings. The molecule has 2 N–H and O–H groups in total. The highest BCUT2D eigenvalue weighted by atomic mass is 16.7. The van der Waals surface area contributed by atoms with Crippen LogP contribution in [0.3, 0.4) is 0 Å². The van der Waals surface area contributed by atoms with E-state index in [0.717, 1.165) is 39.0 Å². The fraction of sp³-hybridized carbons (Fsp3) is 0.973. The number of aliphatic hydroxyl groups excluding tert-OH is 1. The van der Waals surface area contributed by atoms with Gasteiger partial charge in [0.25, 0.3) is 0 Å². The van der Waals surface area contributed by atoms with Crippen LogP contribution in [0.4, 0.5) is 4.79 Å². The minimum absolute atomic E-state index is 0.0167. The molecule has 8 heteroatoms. The molecule has 2 saturated heterocycles. The summed E-state index contributed by atoms with van der Waals surface area (Å²) < 4.78 is 25.7. The van der Waals surface area contributed by atoms with Gasteiger partial charge in [-0.05, 0) is 103 Å². The molecule has 0 bridgehead atoms. The number of aliphatic hydroxyl groups is 1. The monoisotopic (exact) mass is 630 g/mol. The summed E-state index contributed by atoms with van der Waals surface area (Å²) in [5.41, 5.74) is 0.584. The first-order valence-electron chi connectivity index (χ1n) is 18.3. The second-order valence-corrected chi connectivity index (χ2v) is 18.2. The van der Waals surface area contributed by atoms with Gasteiger partial charge in [0, 0.05) is 32.6 Å².